The van der Waals surface area contributed by atoms with Crippen molar-refractivity contribution in [2.45, 2.75) is 26.3 Å². The molecular formula is C27H28N4O3. The van der Waals surface area contributed by atoms with Gasteiger partial charge in [-0.1, -0.05) is 24.3 Å². The van der Waals surface area contributed by atoms with Gasteiger partial charge >= 0.3 is 12.0 Å². The molecule has 2 amide bonds. The number of amides is 2. The highest BCUT2D eigenvalue weighted by Crippen LogP contribution is 2.32. The van der Waals surface area contributed by atoms with Gasteiger partial charge < -0.3 is 19.9 Å². The maximum atomic E-state index is 12.7. The molecule has 4 aromatic rings. The molecule has 2 N–H and O–H groups in total. The molecule has 4 rings (SSSR count). The lowest BCUT2D eigenvalue weighted by Gasteiger charge is -2.18. The minimum absolute atomic E-state index is 0.0664. The van der Waals surface area contributed by atoms with E-state index >= 15 is 0 Å². The van der Waals surface area contributed by atoms with Gasteiger partial charge in [0, 0.05) is 54.2 Å². The quantitative estimate of drug-likeness (QED) is 0.358. The number of urea groups is 1. The van der Waals surface area contributed by atoms with Gasteiger partial charge in [0.1, 0.15) is 0 Å². The number of pyridine rings is 1. The number of ether oxygens (including phenoxy) is 1. The van der Waals surface area contributed by atoms with E-state index < -0.39 is 0 Å². The van der Waals surface area contributed by atoms with Crippen LogP contribution in [0, 0.1) is 0 Å². The number of benzene rings is 2. The van der Waals surface area contributed by atoms with E-state index in [4.69, 9.17) is 4.74 Å². The third kappa shape index (κ3) is 5.09. The maximum absolute atomic E-state index is 12.7. The largest absolute Gasteiger partial charge is 0.462 e. The Labute approximate surface area is 198 Å². The van der Waals surface area contributed by atoms with E-state index in [0.29, 0.717) is 24.4 Å². The second kappa shape index (κ2) is 10.7. The molecule has 2 aromatic carbocycles. The SMILES string of the molecule is CCOC(=O)c1ccc(NC(=O)NCC(c2cccnc2)c2cn(CC)c3ccccc23)cc1. The van der Waals surface area contributed by atoms with Crippen molar-refractivity contribution in [2.75, 3.05) is 18.5 Å². The van der Waals surface area contributed by atoms with E-state index in [9.17, 15) is 9.59 Å². The van der Waals surface area contributed by atoms with Crippen LogP contribution < -0.4 is 10.6 Å². The van der Waals surface area contributed by atoms with Crippen molar-refractivity contribution >= 4 is 28.6 Å². The molecule has 2 aromatic heterocycles. The number of hydrogen-bond donors (Lipinski definition) is 2. The number of hydrogen-bond acceptors (Lipinski definition) is 4. The Hall–Kier alpha value is -4.13. The van der Waals surface area contributed by atoms with Gasteiger partial charge in [-0.2, -0.15) is 0 Å². The number of anilines is 1. The van der Waals surface area contributed by atoms with Gasteiger partial charge in [0.25, 0.3) is 0 Å². The molecule has 0 bridgehead atoms. The first-order chi connectivity index (χ1) is 16.6. The van der Waals surface area contributed by atoms with E-state index in [2.05, 4.69) is 45.4 Å². The number of rotatable bonds is 8. The molecule has 174 valence electrons. The number of aryl methyl sites for hydroxylation is 1. The van der Waals surface area contributed by atoms with Crippen LogP contribution in [0.15, 0.2) is 79.3 Å². The van der Waals surface area contributed by atoms with Gasteiger partial charge in [-0.25, -0.2) is 9.59 Å². The van der Waals surface area contributed by atoms with Crippen LogP contribution >= 0.6 is 0 Å². The average molecular weight is 457 g/mol. The lowest BCUT2D eigenvalue weighted by molar-refractivity contribution is 0.0526. The number of para-hydroxylation sites is 1. The fourth-order valence-electron chi connectivity index (χ4n) is 4.08. The maximum Gasteiger partial charge on any atom is 0.338 e. The third-order valence-electron chi connectivity index (χ3n) is 5.74. The molecule has 0 aliphatic carbocycles. The normalized spacial score (nSPS) is 11.7. The van der Waals surface area contributed by atoms with Gasteiger partial charge in [-0.15, -0.1) is 0 Å². The zero-order chi connectivity index (χ0) is 23.9. The molecule has 1 unspecified atom stereocenters. The van der Waals surface area contributed by atoms with Gasteiger partial charge in [0.05, 0.1) is 12.2 Å². The first-order valence-corrected chi connectivity index (χ1v) is 11.4. The number of carbonyl (C=O) groups is 2. The Bertz CT molecular complexity index is 1270. The molecule has 0 aliphatic heterocycles. The average Bonchev–Trinajstić information content (AvgIpc) is 3.24. The van der Waals surface area contributed by atoms with Crippen LogP contribution in [0.25, 0.3) is 10.9 Å². The van der Waals surface area contributed by atoms with Crippen molar-refractivity contribution in [3.8, 4) is 0 Å². The molecule has 0 saturated heterocycles. The highest BCUT2D eigenvalue weighted by Gasteiger charge is 2.21. The summed E-state index contributed by atoms with van der Waals surface area (Å²) in [6.45, 7) is 5.45. The summed E-state index contributed by atoms with van der Waals surface area (Å²) in [5.74, 6) is -0.451. The molecule has 7 nitrogen and oxygen atoms in total. The molecule has 2 heterocycles. The Morgan fingerprint density at radius 3 is 2.53 bits per heavy atom. The van der Waals surface area contributed by atoms with Crippen molar-refractivity contribution in [3.63, 3.8) is 0 Å². The summed E-state index contributed by atoms with van der Waals surface area (Å²) in [5.41, 5.74) is 4.37. The highest BCUT2D eigenvalue weighted by atomic mass is 16.5. The molecule has 34 heavy (non-hydrogen) atoms. The summed E-state index contributed by atoms with van der Waals surface area (Å²) in [7, 11) is 0. The van der Waals surface area contributed by atoms with E-state index in [1.54, 1.807) is 37.4 Å². The fraction of sp³-hybridized carbons (Fsp3) is 0.222. The van der Waals surface area contributed by atoms with Crippen molar-refractivity contribution in [1.82, 2.24) is 14.9 Å². The number of esters is 1. The van der Waals surface area contributed by atoms with Crippen LogP contribution in [0.2, 0.25) is 0 Å². The summed E-state index contributed by atoms with van der Waals surface area (Å²) in [6.07, 6.45) is 5.75. The van der Waals surface area contributed by atoms with Crippen LogP contribution in [0.5, 0.6) is 0 Å². The Morgan fingerprint density at radius 2 is 1.82 bits per heavy atom. The van der Waals surface area contributed by atoms with Crippen molar-refractivity contribution in [1.29, 1.82) is 0 Å². The van der Waals surface area contributed by atoms with Gasteiger partial charge in [-0.3, -0.25) is 4.98 Å². The Morgan fingerprint density at radius 1 is 1.03 bits per heavy atom. The molecule has 0 aliphatic rings. The zero-order valence-corrected chi connectivity index (χ0v) is 19.3. The molecule has 0 spiro atoms. The molecule has 0 saturated carbocycles. The predicted octanol–water partition coefficient (Wildman–Crippen LogP) is 5.19. The smallest absolute Gasteiger partial charge is 0.338 e. The van der Waals surface area contributed by atoms with E-state index in [-0.39, 0.29) is 17.9 Å². The van der Waals surface area contributed by atoms with Crippen LogP contribution in [-0.4, -0.2) is 34.7 Å². The third-order valence-corrected chi connectivity index (χ3v) is 5.74. The van der Waals surface area contributed by atoms with Crippen LogP contribution in [-0.2, 0) is 11.3 Å². The first-order valence-electron chi connectivity index (χ1n) is 11.4. The van der Waals surface area contributed by atoms with E-state index in [1.807, 2.05) is 30.5 Å². The van der Waals surface area contributed by atoms with Crippen molar-refractivity contribution < 1.29 is 14.3 Å². The fourth-order valence-corrected chi connectivity index (χ4v) is 4.08. The molecule has 7 heteroatoms. The number of fused-ring (bicyclic) bond motifs is 1. The standard InChI is InChI=1S/C27H28N4O3/c1-3-31-18-24(22-9-5-6-10-25(22)31)23(20-8-7-15-28-16-20)17-29-27(33)30-21-13-11-19(12-14-21)26(32)34-4-2/h5-16,18,23H,3-4,17H2,1-2H3,(H2,29,30,33). The second-order valence-corrected chi connectivity index (χ2v) is 7.86. The molecular weight excluding hydrogens is 428 g/mol. The lowest BCUT2D eigenvalue weighted by atomic mass is 9.92. The van der Waals surface area contributed by atoms with Gasteiger partial charge in [0.2, 0.25) is 0 Å². The van der Waals surface area contributed by atoms with Crippen LogP contribution in [0.3, 0.4) is 0 Å². The number of aromatic nitrogens is 2. The monoisotopic (exact) mass is 456 g/mol. The second-order valence-electron chi connectivity index (χ2n) is 7.86. The highest BCUT2D eigenvalue weighted by molar-refractivity contribution is 5.92. The number of carbonyl (C=O) groups excluding carboxylic acids is 2. The topological polar surface area (TPSA) is 85.2 Å². The van der Waals surface area contributed by atoms with Crippen LogP contribution in [0.4, 0.5) is 10.5 Å². The summed E-state index contributed by atoms with van der Waals surface area (Å²) < 4.78 is 7.21. The number of nitrogens with zero attached hydrogens (tertiary/aromatic N) is 2. The first kappa shape index (κ1) is 23.0. The van der Waals surface area contributed by atoms with E-state index in [0.717, 1.165) is 23.1 Å². The number of nitrogens with one attached hydrogen (secondary N) is 2. The molecule has 0 fully saturated rings. The van der Waals surface area contributed by atoms with Crippen molar-refractivity contribution in [2.24, 2.45) is 0 Å². The van der Waals surface area contributed by atoms with Gasteiger partial charge in [-0.05, 0) is 61.4 Å². The summed E-state index contributed by atoms with van der Waals surface area (Å²) in [4.78, 5) is 28.8. The predicted molar refractivity (Wildman–Crippen MR) is 133 cm³/mol. The van der Waals surface area contributed by atoms with E-state index in [1.165, 1.54) is 5.52 Å². The zero-order valence-electron chi connectivity index (χ0n) is 19.3. The van der Waals surface area contributed by atoms with Gasteiger partial charge in [0.15, 0.2) is 0 Å². The summed E-state index contributed by atoms with van der Waals surface area (Å²) in [6, 6.07) is 18.5. The Balaban J connectivity index is 1.51. The lowest BCUT2D eigenvalue weighted by Crippen LogP contribution is -2.32. The summed E-state index contributed by atoms with van der Waals surface area (Å²) in [5, 5.41) is 6.99. The minimum atomic E-state index is -0.385. The molecule has 0 radical (unpaired) electrons. The molecule has 1 atom stereocenters. The minimum Gasteiger partial charge on any atom is -0.462 e. The van der Waals surface area contributed by atoms with Crippen LogP contribution in [0.1, 0.15) is 41.3 Å². The summed E-state index contributed by atoms with van der Waals surface area (Å²) >= 11 is 0. The Kier molecular flexibility index (Phi) is 7.22. The van der Waals surface area contributed by atoms with Crippen molar-refractivity contribution in [3.05, 3.63) is 95.9 Å².